The van der Waals surface area contributed by atoms with Gasteiger partial charge in [0.05, 0.1) is 6.61 Å². The molecule has 0 aromatic heterocycles. The Kier molecular flexibility index (Phi) is 3.55. The molecule has 0 bridgehead atoms. The van der Waals surface area contributed by atoms with Gasteiger partial charge in [0.1, 0.15) is 5.75 Å². The summed E-state index contributed by atoms with van der Waals surface area (Å²) in [5.74, 6) is 2.43. The summed E-state index contributed by atoms with van der Waals surface area (Å²) >= 11 is 0. The van der Waals surface area contributed by atoms with E-state index in [0.29, 0.717) is 12.0 Å². The maximum absolute atomic E-state index is 6.41. The third kappa shape index (κ3) is 2.54. The minimum Gasteiger partial charge on any atom is -0.493 e. The zero-order valence-electron chi connectivity index (χ0n) is 11.0. The fourth-order valence-corrected chi connectivity index (χ4v) is 3.45. The van der Waals surface area contributed by atoms with Crippen LogP contribution in [-0.2, 0) is 6.42 Å². The molecule has 2 N–H and O–H groups in total. The van der Waals surface area contributed by atoms with Crippen molar-refractivity contribution in [1.82, 2.24) is 0 Å². The van der Waals surface area contributed by atoms with Crippen LogP contribution in [0.4, 0.5) is 0 Å². The smallest absolute Gasteiger partial charge is 0.122 e. The van der Waals surface area contributed by atoms with Crippen molar-refractivity contribution in [3.8, 4) is 5.75 Å². The molecule has 1 saturated carbocycles. The van der Waals surface area contributed by atoms with E-state index in [4.69, 9.17) is 10.5 Å². The maximum atomic E-state index is 6.41. The molecule has 2 unspecified atom stereocenters. The summed E-state index contributed by atoms with van der Waals surface area (Å²) in [7, 11) is 0. The Hall–Kier alpha value is -1.02. The Morgan fingerprint density at radius 3 is 2.83 bits per heavy atom. The molecule has 0 amide bonds. The van der Waals surface area contributed by atoms with Crippen molar-refractivity contribution in [1.29, 1.82) is 0 Å². The third-order valence-corrected chi connectivity index (χ3v) is 4.59. The van der Waals surface area contributed by atoms with Crippen LogP contribution in [0.3, 0.4) is 0 Å². The summed E-state index contributed by atoms with van der Waals surface area (Å²) in [4.78, 5) is 0. The van der Waals surface area contributed by atoms with Gasteiger partial charge in [0, 0.05) is 12.0 Å². The third-order valence-electron chi connectivity index (χ3n) is 4.59. The lowest BCUT2D eigenvalue weighted by molar-refractivity contribution is 0.187. The molecule has 2 atom stereocenters. The van der Waals surface area contributed by atoms with Crippen molar-refractivity contribution < 1.29 is 4.74 Å². The van der Waals surface area contributed by atoms with E-state index in [0.717, 1.165) is 24.7 Å². The molecule has 2 nitrogen and oxygen atoms in total. The first-order chi connectivity index (χ1) is 8.83. The van der Waals surface area contributed by atoms with Gasteiger partial charge in [-0.25, -0.2) is 0 Å². The van der Waals surface area contributed by atoms with Crippen LogP contribution in [0.15, 0.2) is 24.3 Å². The molecule has 18 heavy (non-hydrogen) atoms. The van der Waals surface area contributed by atoms with Crippen LogP contribution >= 0.6 is 0 Å². The number of fused-ring (bicyclic) bond motifs is 1. The van der Waals surface area contributed by atoms with Crippen molar-refractivity contribution in [3.05, 3.63) is 29.8 Å². The van der Waals surface area contributed by atoms with Crippen molar-refractivity contribution in [3.63, 3.8) is 0 Å². The number of ether oxygens (including phenoxy) is 1. The van der Waals surface area contributed by atoms with Crippen LogP contribution in [0.2, 0.25) is 0 Å². The summed E-state index contributed by atoms with van der Waals surface area (Å²) in [6.45, 7) is 0.797. The molecule has 2 heteroatoms. The molecule has 3 rings (SSSR count). The quantitative estimate of drug-likeness (QED) is 0.888. The average Bonchev–Trinajstić information content (AvgIpc) is 2.91. The number of hydrogen-bond acceptors (Lipinski definition) is 2. The van der Waals surface area contributed by atoms with E-state index in [1.807, 2.05) is 6.07 Å². The van der Waals surface area contributed by atoms with Gasteiger partial charge in [0.25, 0.3) is 0 Å². The van der Waals surface area contributed by atoms with Crippen LogP contribution in [-0.4, -0.2) is 12.6 Å². The first kappa shape index (κ1) is 12.0. The summed E-state index contributed by atoms with van der Waals surface area (Å²) < 4.78 is 5.84. The lowest BCUT2D eigenvalue weighted by Gasteiger charge is -2.30. The molecule has 1 fully saturated rings. The maximum Gasteiger partial charge on any atom is 0.122 e. The minimum absolute atomic E-state index is 0.307. The Morgan fingerprint density at radius 1 is 1.22 bits per heavy atom. The minimum atomic E-state index is 0.307. The average molecular weight is 245 g/mol. The van der Waals surface area contributed by atoms with Gasteiger partial charge in [-0.2, -0.15) is 0 Å². The second-order valence-electron chi connectivity index (χ2n) is 5.93. The van der Waals surface area contributed by atoms with Gasteiger partial charge in [-0.15, -0.1) is 0 Å². The zero-order chi connectivity index (χ0) is 12.4. The van der Waals surface area contributed by atoms with Gasteiger partial charge >= 0.3 is 0 Å². The highest BCUT2D eigenvalue weighted by Gasteiger charge is 2.27. The molecular weight excluding hydrogens is 222 g/mol. The largest absolute Gasteiger partial charge is 0.493 e. The fraction of sp³-hybridized carbons (Fsp3) is 0.625. The summed E-state index contributed by atoms with van der Waals surface area (Å²) in [6, 6.07) is 8.67. The van der Waals surface area contributed by atoms with Crippen LogP contribution in [0.1, 0.15) is 37.7 Å². The van der Waals surface area contributed by atoms with E-state index in [2.05, 4.69) is 18.2 Å². The summed E-state index contributed by atoms with van der Waals surface area (Å²) in [5, 5.41) is 0. The summed E-state index contributed by atoms with van der Waals surface area (Å²) in [6.07, 6.45) is 7.86. The predicted octanol–water partition coefficient (Wildman–Crippen LogP) is 3.15. The number of hydrogen-bond donors (Lipinski definition) is 1. The molecule has 0 spiro atoms. The second kappa shape index (κ2) is 5.31. The highest BCUT2D eigenvalue weighted by molar-refractivity contribution is 5.35. The monoisotopic (exact) mass is 245 g/mol. The van der Waals surface area contributed by atoms with Crippen LogP contribution < -0.4 is 10.5 Å². The van der Waals surface area contributed by atoms with Crippen molar-refractivity contribution in [2.24, 2.45) is 17.6 Å². The van der Waals surface area contributed by atoms with Gasteiger partial charge in [-0.05, 0) is 30.4 Å². The lowest BCUT2D eigenvalue weighted by atomic mass is 9.85. The number of nitrogens with two attached hydrogens (primary N) is 1. The number of benzene rings is 1. The number of rotatable bonds is 3. The van der Waals surface area contributed by atoms with E-state index < -0.39 is 0 Å². The Bertz CT molecular complexity index is 398. The van der Waals surface area contributed by atoms with Crippen LogP contribution in [0, 0.1) is 11.8 Å². The molecule has 1 heterocycles. The first-order valence-corrected chi connectivity index (χ1v) is 7.29. The number of para-hydroxylation sites is 1. The first-order valence-electron chi connectivity index (χ1n) is 7.29. The standard InChI is InChI=1S/C16H23NO/c17-15(9-12-5-1-2-6-12)14-10-13-7-3-4-8-16(13)18-11-14/h3-4,7-8,12,14-15H,1-2,5-6,9-11,17H2. The Morgan fingerprint density at radius 2 is 2.00 bits per heavy atom. The van der Waals surface area contributed by atoms with E-state index in [-0.39, 0.29) is 0 Å². The molecule has 2 aliphatic rings. The van der Waals surface area contributed by atoms with Crippen molar-refractivity contribution in [2.45, 2.75) is 44.6 Å². The van der Waals surface area contributed by atoms with Gasteiger partial charge in [-0.1, -0.05) is 43.9 Å². The van der Waals surface area contributed by atoms with Gasteiger partial charge in [0.15, 0.2) is 0 Å². The van der Waals surface area contributed by atoms with E-state index >= 15 is 0 Å². The van der Waals surface area contributed by atoms with E-state index in [1.165, 1.54) is 37.7 Å². The molecule has 1 aliphatic carbocycles. The fourth-order valence-electron chi connectivity index (χ4n) is 3.45. The highest BCUT2D eigenvalue weighted by atomic mass is 16.5. The molecule has 1 aromatic rings. The van der Waals surface area contributed by atoms with Crippen LogP contribution in [0.25, 0.3) is 0 Å². The highest BCUT2D eigenvalue weighted by Crippen LogP contribution is 2.33. The van der Waals surface area contributed by atoms with Gasteiger partial charge < -0.3 is 10.5 Å². The molecular formula is C16H23NO. The molecule has 1 aliphatic heterocycles. The van der Waals surface area contributed by atoms with Crippen molar-refractivity contribution >= 4 is 0 Å². The van der Waals surface area contributed by atoms with Gasteiger partial charge in [0.2, 0.25) is 0 Å². The second-order valence-corrected chi connectivity index (χ2v) is 5.93. The normalized spacial score (nSPS) is 25.5. The summed E-state index contributed by atoms with van der Waals surface area (Å²) in [5.41, 5.74) is 7.73. The molecule has 0 saturated heterocycles. The molecule has 0 radical (unpaired) electrons. The zero-order valence-corrected chi connectivity index (χ0v) is 11.0. The Balaban J connectivity index is 1.60. The predicted molar refractivity (Wildman–Crippen MR) is 73.7 cm³/mol. The van der Waals surface area contributed by atoms with E-state index in [9.17, 15) is 0 Å². The van der Waals surface area contributed by atoms with E-state index in [1.54, 1.807) is 0 Å². The SMILES string of the molecule is NC(CC1CCCC1)C1COc2ccccc2C1. The van der Waals surface area contributed by atoms with Gasteiger partial charge in [-0.3, -0.25) is 0 Å². The van der Waals surface area contributed by atoms with Crippen molar-refractivity contribution in [2.75, 3.05) is 6.61 Å². The topological polar surface area (TPSA) is 35.2 Å². The lowest BCUT2D eigenvalue weighted by Crippen LogP contribution is -2.38. The molecule has 98 valence electrons. The Labute approximate surface area is 110 Å². The molecule has 1 aromatic carbocycles. The van der Waals surface area contributed by atoms with Crippen LogP contribution in [0.5, 0.6) is 5.75 Å².